The van der Waals surface area contributed by atoms with Crippen molar-refractivity contribution in [2.45, 2.75) is 45.6 Å². The minimum atomic E-state index is -0.349. The van der Waals surface area contributed by atoms with Gasteiger partial charge in [-0.25, -0.2) is 4.79 Å². The van der Waals surface area contributed by atoms with Gasteiger partial charge in [-0.15, -0.1) is 10.2 Å². The average molecular weight is 506 g/mol. The van der Waals surface area contributed by atoms with Crippen molar-refractivity contribution in [2.24, 2.45) is 5.73 Å². The lowest BCUT2D eigenvalue weighted by Crippen LogP contribution is -2.43. The number of urea groups is 1. The molecule has 1 aromatic heterocycles. The molecule has 2 aliphatic rings. The van der Waals surface area contributed by atoms with Crippen LogP contribution < -0.4 is 10.5 Å². The van der Waals surface area contributed by atoms with E-state index in [0.29, 0.717) is 37.6 Å². The van der Waals surface area contributed by atoms with Gasteiger partial charge in [0, 0.05) is 24.2 Å². The molecular formula is C27H31N5O3S. The number of nitrogens with two attached hydrogens (primary N) is 1. The number of primary amides is 1. The first-order chi connectivity index (χ1) is 17.5. The molecule has 0 spiro atoms. The molecule has 3 aromatic rings. The van der Waals surface area contributed by atoms with Crippen LogP contribution in [0.2, 0.25) is 0 Å². The minimum Gasteiger partial charge on any atom is -0.489 e. The van der Waals surface area contributed by atoms with Crippen LogP contribution in [0.25, 0.3) is 21.1 Å². The van der Waals surface area contributed by atoms with Crippen molar-refractivity contribution in [3.05, 3.63) is 53.1 Å². The molecule has 1 fully saturated rings. The number of rotatable bonds is 5. The van der Waals surface area contributed by atoms with E-state index in [1.165, 1.54) is 23.1 Å². The number of amides is 2. The Morgan fingerprint density at radius 2 is 2.00 bits per heavy atom. The number of nitrogens with zero attached hydrogens (tertiary/aromatic N) is 4. The van der Waals surface area contributed by atoms with Gasteiger partial charge in [0.25, 0.3) is 0 Å². The van der Waals surface area contributed by atoms with Gasteiger partial charge in [0.15, 0.2) is 0 Å². The maximum absolute atomic E-state index is 10.4. The number of carbonyl (C=O) groups is 1. The first kappa shape index (κ1) is 25.6. The molecule has 1 atom stereocenters. The monoisotopic (exact) mass is 505 g/mol. The summed E-state index contributed by atoms with van der Waals surface area (Å²) in [4.78, 5) is 12.0. The molecule has 1 saturated heterocycles. The lowest BCUT2D eigenvalue weighted by Gasteiger charge is -2.24. The molecule has 5 rings (SSSR count). The van der Waals surface area contributed by atoms with Crippen molar-refractivity contribution >= 4 is 17.4 Å². The van der Waals surface area contributed by atoms with Crippen molar-refractivity contribution in [1.29, 1.82) is 5.26 Å². The van der Waals surface area contributed by atoms with Crippen LogP contribution in [0.1, 0.15) is 43.4 Å². The lowest BCUT2D eigenvalue weighted by atomic mass is 10.0. The number of aryl methyl sites for hydroxylation is 1. The Kier molecular flexibility index (Phi) is 8.52. The predicted molar refractivity (Wildman–Crippen MR) is 140 cm³/mol. The summed E-state index contributed by atoms with van der Waals surface area (Å²) in [5.41, 5.74) is 10.5. The smallest absolute Gasteiger partial charge is 0.314 e. The van der Waals surface area contributed by atoms with E-state index < -0.39 is 0 Å². The molecule has 1 aliphatic heterocycles. The molecule has 0 radical (unpaired) electrons. The Morgan fingerprint density at radius 1 is 1.22 bits per heavy atom. The molecule has 1 unspecified atom stereocenters. The second-order valence-corrected chi connectivity index (χ2v) is 9.78. The highest BCUT2D eigenvalue weighted by Crippen LogP contribution is 2.37. The highest BCUT2D eigenvalue weighted by atomic mass is 32.1. The number of hydrogen-bond donors (Lipinski definition) is 1. The molecule has 2 amide bonds. The van der Waals surface area contributed by atoms with Crippen LogP contribution in [0.15, 0.2) is 36.4 Å². The number of hydrogen-bond acceptors (Lipinski definition) is 7. The molecule has 0 bridgehead atoms. The van der Waals surface area contributed by atoms with Crippen LogP contribution >= 0.6 is 11.3 Å². The Morgan fingerprint density at radius 3 is 2.69 bits per heavy atom. The molecule has 2 N–H and O–H groups in total. The zero-order valence-corrected chi connectivity index (χ0v) is 21.5. The van der Waals surface area contributed by atoms with Gasteiger partial charge in [-0.2, -0.15) is 5.26 Å². The highest BCUT2D eigenvalue weighted by Gasteiger charge is 2.19. The summed E-state index contributed by atoms with van der Waals surface area (Å²) < 4.78 is 10.8. The van der Waals surface area contributed by atoms with E-state index in [4.69, 9.17) is 15.2 Å². The lowest BCUT2D eigenvalue weighted by molar-refractivity contribution is 0.0554. The summed E-state index contributed by atoms with van der Waals surface area (Å²) in [7, 11) is 0. The summed E-state index contributed by atoms with van der Waals surface area (Å²) in [6, 6.07) is 14.0. The summed E-state index contributed by atoms with van der Waals surface area (Å²) in [6.07, 6.45) is 4.45. The molecule has 188 valence electrons. The summed E-state index contributed by atoms with van der Waals surface area (Å²) >= 11 is 1.58. The van der Waals surface area contributed by atoms with Gasteiger partial charge in [-0.1, -0.05) is 36.5 Å². The van der Waals surface area contributed by atoms with E-state index in [-0.39, 0.29) is 12.1 Å². The molecule has 0 saturated carbocycles. The molecule has 8 nitrogen and oxygen atoms in total. The van der Waals surface area contributed by atoms with Crippen LogP contribution in [-0.2, 0) is 17.6 Å². The van der Waals surface area contributed by atoms with Crippen molar-refractivity contribution < 1.29 is 14.3 Å². The number of benzene rings is 2. The van der Waals surface area contributed by atoms with E-state index in [9.17, 15) is 10.1 Å². The number of nitriles is 1. The number of ether oxygens (including phenoxy) is 2. The van der Waals surface area contributed by atoms with Crippen LogP contribution in [-0.4, -0.2) is 53.5 Å². The van der Waals surface area contributed by atoms with E-state index in [1.807, 2.05) is 25.1 Å². The first-order valence-electron chi connectivity index (χ1n) is 12.3. The van der Waals surface area contributed by atoms with Gasteiger partial charge in [-0.3, -0.25) is 0 Å². The van der Waals surface area contributed by atoms with Crippen LogP contribution in [0.5, 0.6) is 5.75 Å². The molecule has 2 heterocycles. The zero-order chi connectivity index (χ0) is 25.5. The quantitative estimate of drug-likeness (QED) is 0.532. The molecule has 36 heavy (non-hydrogen) atoms. The maximum atomic E-state index is 10.4. The van der Waals surface area contributed by atoms with Crippen molar-refractivity contribution in [2.75, 3.05) is 26.3 Å². The Labute approximate surface area is 215 Å². The Balaban J connectivity index is 0.000000286. The van der Waals surface area contributed by atoms with E-state index in [2.05, 4.69) is 41.4 Å². The molecule has 2 aromatic carbocycles. The van der Waals surface area contributed by atoms with Crippen molar-refractivity contribution in [3.63, 3.8) is 0 Å². The maximum Gasteiger partial charge on any atom is 0.314 e. The number of carbonyl (C=O) groups excluding carboxylic acids is 1. The van der Waals surface area contributed by atoms with Gasteiger partial charge in [0.2, 0.25) is 0 Å². The number of morpholine rings is 1. The zero-order valence-electron chi connectivity index (χ0n) is 20.7. The fourth-order valence-corrected chi connectivity index (χ4v) is 5.10. The van der Waals surface area contributed by atoms with Crippen molar-refractivity contribution in [3.8, 4) is 33.0 Å². The third-order valence-electron chi connectivity index (χ3n) is 6.37. The van der Waals surface area contributed by atoms with Gasteiger partial charge in [-0.05, 0) is 61.9 Å². The molecule has 9 heteroatoms. The predicted octanol–water partition coefficient (Wildman–Crippen LogP) is 4.81. The summed E-state index contributed by atoms with van der Waals surface area (Å²) in [5, 5.41) is 20.1. The van der Waals surface area contributed by atoms with Gasteiger partial charge < -0.3 is 20.1 Å². The fourth-order valence-electron chi connectivity index (χ4n) is 4.21. The normalized spacial score (nSPS) is 15.3. The van der Waals surface area contributed by atoms with E-state index in [1.54, 1.807) is 16.2 Å². The van der Waals surface area contributed by atoms with Crippen LogP contribution in [0.4, 0.5) is 4.79 Å². The highest BCUT2D eigenvalue weighted by molar-refractivity contribution is 7.17. The Bertz CT molecular complexity index is 1250. The number of fused-ring (bicyclic) bond motifs is 1. The SMILES string of the molecule is CCC(C)Oc1ccc(-c2nnc(-c3cccc4c3CCC4)s2)cc1C#N.NC(=O)N1CCOCC1. The largest absolute Gasteiger partial charge is 0.489 e. The van der Waals surface area contributed by atoms with Crippen LogP contribution in [0.3, 0.4) is 0 Å². The van der Waals surface area contributed by atoms with Gasteiger partial charge >= 0.3 is 6.03 Å². The summed E-state index contributed by atoms with van der Waals surface area (Å²) in [6.45, 7) is 6.56. The molecule has 1 aliphatic carbocycles. The number of aromatic nitrogens is 2. The third kappa shape index (κ3) is 6.01. The van der Waals surface area contributed by atoms with Gasteiger partial charge in [0.05, 0.1) is 24.9 Å². The second-order valence-electron chi connectivity index (χ2n) is 8.81. The summed E-state index contributed by atoms with van der Waals surface area (Å²) in [5.74, 6) is 0.626. The third-order valence-corrected chi connectivity index (χ3v) is 7.38. The standard InChI is InChI=1S/C22H21N3OS.C5H10N2O2/c1-3-14(2)26-20-11-10-16(12-17(20)13-23)21-24-25-22(27-21)19-9-5-7-15-6-4-8-18(15)19;6-5(8)7-1-3-9-4-2-7/h5,7,9-12,14H,3-4,6,8H2,1-2H3;1-4H2,(H2,6,8). The average Bonchev–Trinajstić information content (AvgIpc) is 3.60. The Hall–Kier alpha value is -3.48. The van der Waals surface area contributed by atoms with Crippen molar-refractivity contribution in [1.82, 2.24) is 15.1 Å². The second kappa shape index (κ2) is 12.0. The van der Waals surface area contributed by atoms with E-state index >= 15 is 0 Å². The van der Waals surface area contributed by atoms with Crippen LogP contribution in [0, 0.1) is 11.3 Å². The topological polar surface area (TPSA) is 114 Å². The van der Waals surface area contributed by atoms with E-state index in [0.717, 1.165) is 34.8 Å². The molecular weight excluding hydrogens is 474 g/mol. The van der Waals surface area contributed by atoms with Gasteiger partial charge in [0.1, 0.15) is 21.8 Å². The minimum absolute atomic E-state index is 0.0799. The fraction of sp³-hybridized carbons (Fsp3) is 0.407. The first-order valence-corrected chi connectivity index (χ1v) is 13.1.